The Labute approximate surface area is 119 Å². The van der Waals surface area contributed by atoms with Crippen molar-refractivity contribution in [2.45, 2.75) is 25.3 Å². The van der Waals surface area contributed by atoms with E-state index in [0.717, 1.165) is 14.1 Å². The molecule has 1 rings (SSSR count). The molecule has 0 aromatic carbocycles. The van der Waals surface area contributed by atoms with Crippen LogP contribution in [-0.2, 0) is 14.3 Å². The third kappa shape index (κ3) is 3.15. The largest absolute Gasteiger partial charge is 0.466 e. The van der Waals surface area contributed by atoms with Crippen LogP contribution in [0.3, 0.4) is 0 Å². The number of Topliss-reactive ketones (excluding diaryl/α,β-unsaturated/α-hetero) is 1. The van der Waals surface area contributed by atoms with Gasteiger partial charge in [-0.1, -0.05) is 0 Å². The lowest BCUT2D eigenvalue weighted by Gasteiger charge is -2.36. The molecular formula is C13H15F4NO3. The van der Waals surface area contributed by atoms with Gasteiger partial charge in [-0.25, -0.2) is 17.6 Å². The fraction of sp³-hybridized carbons (Fsp3) is 0.538. The minimum Gasteiger partial charge on any atom is -0.466 e. The van der Waals surface area contributed by atoms with Gasteiger partial charge in [0.25, 0.3) is 5.79 Å². The Hall–Kier alpha value is -1.70. The summed E-state index contributed by atoms with van der Waals surface area (Å²) >= 11 is 0. The summed E-state index contributed by atoms with van der Waals surface area (Å²) in [4.78, 5) is 23.4. The van der Waals surface area contributed by atoms with Gasteiger partial charge in [0.05, 0.1) is 6.61 Å². The van der Waals surface area contributed by atoms with Crippen LogP contribution < -0.4 is 0 Å². The molecule has 0 radical (unpaired) electrons. The number of ether oxygens (including phenoxy) is 1. The number of hydrogen-bond acceptors (Lipinski definition) is 4. The molecule has 2 unspecified atom stereocenters. The summed E-state index contributed by atoms with van der Waals surface area (Å²) in [7, 11) is 2.00. The van der Waals surface area contributed by atoms with E-state index in [2.05, 4.69) is 4.74 Å². The van der Waals surface area contributed by atoms with E-state index in [1.54, 1.807) is 0 Å². The second kappa shape index (κ2) is 6.38. The van der Waals surface area contributed by atoms with Gasteiger partial charge in [0.2, 0.25) is 0 Å². The smallest absolute Gasteiger partial charge is 0.313 e. The molecule has 118 valence electrons. The minimum absolute atomic E-state index is 0.00213. The number of nitrogens with zero attached hydrogens (tertiary/aromatic N) is 1. The molecule has 0 aliphatic heterocycles. The van der Waals surface area contributed by atoms with Gasteiger partial charge < -0.3 is 4.74 Å². The van der Waals surface area contributed by atoms with E-state index in [1.807, 2.05) is 0 Å². The Kier molecular flexibility index (Phi) is 5.27. The molecule has 1 aliphatic carbocycles. The molecule has 0 aromatic rings. The molecule has 21 heavy (non-hydrogen) atoms. The van der Waals surface area contributed by atoms with E-state index in [0.29, 0.717) is 4.90 Å². The third-order valence-corrected chi connectivity index (χ3v) is 2.99. The molecule has 0 saturated carbocycles. The predicted molar refractivity (Wildman–Crippen MR) is 66.0 cm³/mol. The number of carbonyl (C=O) groups excluding carboxylic acids is 2. The Morgan fingerprint density at radius 3 is 2.43 bits per heavy atom. The average molecular weight is 309 g/mol. The third-order valence-electron chi connectivity index (χ3n) is 2.99. The zero-order valence-corrected chi connectivity index (χ0v) is 11.8. The summed E-state index contributed by atoms with van der Waals surface area (Å²) in [5, 5.41) is 0. The van der Waals surface area contributed by atoms with Crippen molar-refractivity contribution in [1.82, 2.24) is 4.90 Å². The first-order chi connectivity index (χ1) is 9.66. The van der Waals surface area contributed by atoms with Crippen LogP contribution in [0.25, 0.3) is 0 Å². The first kappa shape index (κ1) is 17.4. The lowest BCUT2D eigenvalue weighted by atomic mass is 9.90. The summed E-state index contributed by atoms with van der Waals surface area (Å²) in [5.41, 5.74) is -0.946. The molecule has 2 atom stereocenters. The summed E-state index contributed by atoms with van der Waals surface area (Å²) in [6.07, 6.45) is -3.37. The molecule has 4 nitrogen and oxygen atoms in total. The molecule has 0 spiro atoms. The molecule has 0 amide bonds. The number of alkyl halides is 2. The quantitative estimate of drug-likeness (QED) is 0.338. The maximum atomic E-state index is 14.4. The second-order valence-corrected chi connectivity index (χ2v) is 4.60. The molecule has 0 bridgehead atoms. The fourth-order valence-electron chi connectivity index (χ4n) is 1.85. The molecule has 0 N–H and O–H groups in total. The highest BCUT2D eigenvalue weighted by Crippen LogP contribution is 2.41. The van der Waals surface area contributed by atoms with Gasteiger partial charge in [0, 0.05) is 5.57 Å². The number of likely N-dealkylation sites (N-methyl/N-ethyl adjacent to an activating group) is 1. The summed E-state index contributed by atoms with van der Waals surface area (Å²) in [5.74, 6) is -9.19. The van der Waals surface area contributed by atoms with Gasteiger partial charge in [0.15, 0.2) is 23.6 Å². The Balaban J connectivity index is 3.12. The zero-order valence-electron chi connectivity index (χ0n) is 11.8. The van der Waals surface area contributed by atoms with E-state index in [1.165, 1.54) is 6.92 Å². The van der Waals surface area contributed by atoms with E-state index >= 15 is 0 Å². The van der Waals surface area contributed by atoms with Crippen LogP contribution in [0.15, 0.2) is 23.3 Å². The number of rotatable bonds is 5. The van der Waals surface area contributed by atoms with E-state index in [4.69, 9.17) is 0 Å². The van der Waals surface area contributed by atoms with Gasteiger partial charge in [-0.2, -0.15) is 0 Å². The number of esters is 1. The minimum atomic E-state index is -3.43. The van der Waals surface area contributed by atoms with Crippen molar-refractivity contribution >= 4 is 11.8 Å². The van der Waals surface area contributed by atoms with Gasteiger partial charge in [0.1, 0.15) is 6.42 Å². The first-order valence-electron chi connectivity index (χ1n) is 6.12. The molecule has 8 heteroatoms. The van der Waals surface area contributed by atoms with Gasteiger partial charge in [-0.3, -0.25) is 14.5 Å². The van der Waals surface area contributed by atoms with Crippen LogP contribution in [0.5, 0.6) is 0 Å². The zero-order chi connectivity index (χ0) is 16.4. The number of ketones is 1. The first-order valence-corrected chi connectivity index (χ1v) is 6.12. The maximum Gasteiger partial charge on any atom is 0.313 e. The number of hydrogen-bond donors (Lipinski definition) is 0. The summed E-state index contributed by atoms with van der Waals surface area (Å²) in [6.45, 7) is 1.49. The molecule has 0 saturated heterocycles. The molecule has 1 aliphatic rings. The highest BCUT2D eigenvalue weighted by atomic mass is 19.2. The van der Waals surface area contributed by atoms with Crippen molar-refractivity contribution in [3.63, 3.8) is 0 Å². The highest BCUT2D eigenvalue weighted by molar-refractivity contribution is 6.06. The van der Waals surface area contributed by atoms with Gasteiger partial charge >= 0.3 is 5.97 Å². The molecule has 0 fully saturated rings. The average Bonchev–Trinajstić information content (AvgIpc) is 2.40. The fourth-order valence-corrected chi connectivity index (χ4v) is 1.85. The summed E-state index contributed by atoms with van der Waals surface area (Å²) < 4.78 is 60.0. The van der Waals surface area contributed by atoms with Crippen molar-refractivity contribution in [3.8, 4) is 0 Å². The second-order valence-electron chi connectivity index (χ2n) is 4.60. The van der Waals surface area contributed by atoms with Crippen LogP contribution in [0.1, 0.15) is 13.3 Å². The topological polar surface area (TPSA) is 46.6 Å². The maximum absolute atomic E-state index is 14.4. The van der Waals surface area contributed by atoms with Crippen LogP contribution in [0.2, 0.25) is 0 Å². The predicted octanol–water partition coefficient (Wildman–Crippen LogP) is 2.16. The lowest BCUT2D eigenvalue weighted by molar-refractivity contribution is -0.145. The Bertz CT molecular complexity index is 516. The summed E-state index contributed by atoms with van der Waals surface area (Å²) in [6, 6.07) is 0. The van der Waals surface area contributed by atoms with Crippen molar-refractivity contribution in [1.29, 1.82) is 0 Å². The SMILES string of the molecule is CCOC(=O)CC(=O)C1=CC(F)=C(F)C(F)(N(C)C)C1F. The van der Waals surface area contributed by atoms with Crippen LogP contribution in [-0.4, -0.2) is 49.3 Å². The van der Waals surface area contributed by atoms with Crippen molar-refractivity contribution < 1.29 is 31.9 Å². The lowest BCUT2D eigenvalue weighted by Crippen LogP contribution is -2.52. The van der Waals surface area contributed by atoms with Crippen LogP contribution in [0, 0.1) is 0 Å². The number of halogens is 4. The van der Waals surface area contributed by atoms with Crippen molar-refractivity contribution in [2.75, 3.05) is 20.7 Å². The van der Waals surface area contributed by atoms with Crippen molar-refractivity contribution in [2.24, 2.45) is 0 Å². The van der Waals surface area contributed by atoms with E-state index < -0.39 is 47.4 Å². The molecular weight excluding hydrogens is 294 g/mol. The van der Waals surface area contributed by atoms with Crippen LogP contribution in [0.4, 0.5) is 17.6 Å². The normalized spacial score (nSPS) is 25.9. The van der Waals surface area contributed by atoms with Crippen LogP contribution >= 0.6 is 0 Å². The van der Waals surface area contributed by atoms with Gasteiger partial charge in [-0.15, -0.1) is 0 Å². The Morgan fingerprint density at radius 1 is 1.38 bits per heavy atom. The monoisotopic (exact) mass is 309 g/mol. The highest BCUT2D eigenvalue weighted by Gasteiger charge is 2.53. The van der Waals surface area contributed by atoms with E-state index in [-0.39, 0.29) is 12.7 Å². The number of carbonyl (C=O) groups is 2. The molecule has 0 aromatic heterocycles. The van der Waals surface area contributed by atoms with Gasteiger partial charge in [-0.05, 0) is 27.1 Å². The molecule has 0 heterocycles. The Morgan fingerprint density at radius 2 is 1.95 bits per heavy atom. The van der Waals surface area contributed by atoms with Crippen molar-refractivity contribution in [3.05, 3.63) is 23.3 Å². The standard InChI is InChI=1S/C13H15F4NO3/c1-4-21-10(20)6-9(19)7-5-8(14)12(16)13(17,11(7)15)18(2)3/h5,11H,4,6H2,1-3H3. The van der Waals surface area contributed by atoms with E-state index in [9.17, 15) is 27.2 Å². The number of allylic oxidation sites excluding steroid dienone is 2.